The number of hydrogen-bond donors (Lipinski definition) is 0. The van der Waals surface area contributed by atoms with Gasteiger partial charge in [0.15, 0.2) is 23.0 Å². The van der Waals surface area contributed by atoms with Crippen molar-refractivity contribution in [1.29, 1.82) is 0 Å². The number of carbonyl (C=O) groups is 1. The number of allylic oxidation sites excluding steroid dienone is 2. The van der Waals surface area contributed by atoms with Gasteiger partial charge in [0.1, 0.15) is 18.2 Å². The number of pyridine rings is 1. The van der Waals surface area contributed by atoms with Gasteiger partial charge in [-0.3, -0.25) is 9.69 Å². The molecule has 1 amide bonds. The van der Waals surface area contributed by atoms with Crippen LogP contribution in [0.3, 0.4) is 0 Å². The molecule has 272 valence electrons. The topological polar surface area (TPSA) is 148 Å². The van der Waals surface area contributed by atoms with Crippen molar-refractivity contribution < 1.29 is 57.4 Å². The van der Waals surface area contributed by atoms with Gasteiger partial charge in [-0.15, -0.1) is 0 Å². The van der Waals surface area contributed by atoms with Crippen LogP contribution in [0.2, 0.25) is 0 Å². The maximum absolute atomic E-state index is 13.4. The van der Waals surface area contributed by atoms with Crippen molar-refractivity contribution in [3.05, 3.63) is 65.9 Å². The summed E-state index contributed by atoms with van der Waals surface area (Å²) in [5.41, 5.74) is 2.19. The fourth-order valence-electron chi connectivity index (χ4n) is 4.42. The summed E-state index contributed by atoms with van der Waals surface area (Å²) in [7, 11) is -5.79. The molecule has 0 saturated carbocycles. The molecule has 0 fully saturated rings. The molecule has 0 aliphatic heterocycles. The second-order valence-electron chi connectivity index (χ2n) is 11.3. The van der Waals surface area contributed by atoms with Crippen LogP contribution in [0.1, 0.15) is 27.7 Å². The molecule has 1 heterocycles. The molecular formula is C33H37F3N2O10S2. The van der Waals surface area contributed by atoms with E-state index >= 15 is 0 Å². The van der Waals surface area contributed by atoms with E-state index < -0.39 is 38.9 Å². The SMILES string of the molecule is COc1cc(-c2ccc(N(CC=C(C)C)C(=O)C(F)(F)F)nc2)c(OC)c(OS(C)(=O)=O)c1-c1ccc(OCC=C(C)C)c(OS(C)(=O)=O)c1. The van der Waals surface area contributed by atoms with Gasteiger partial charge in [-0.1, -0.05) is 23.3 Å². The van der Waals surface area contributed by atoms with Gasteiger partial charge in [0.2, 0.25) is 0 Å². The van der Waals surface area contributed by atoms with Crippen molar-refractivity contribution in [3.63, 3.8) is 0 Å². The molecule has 0 aliphatic carbocycles. The Balaban J connectivity index is 2.29. The lowest BCUT2D eigenvalue weighted by molar-refractivity contribution is -0.170. The fraction of sp³-hybridized carbons (Fsp3) is 0.333. The molecule has 0 unspecified atom stereocenters. The second kappa shape index (κ2) is 15.8. The zero-order valence-corrected chi connectivity index (χ0v) is 30.2. The van der Waals surface area contributed by atoms with Crippen LogP contribution in [0.5, 0.6) is 28.7 Å². The minimum atomic E-state index is -5.16. The molecule has 3 aromatic rings. The predicted molar refractivity (Wildman–Crippen MR) is 182 cm³/mol. The summed E-state index contributed by atoms with van der Waals surface area (Å²) in [4.78, 5) is 16.8. The van der Waals surface area contributed by atoms with Crippen LogP contribution >= 0.6 is 0 Å². The number of alkyl halides is 3. The van der Waals surface area contributed by atoms with Crippen LogP contribution in [0, 0.1) is 0 Å². The molecule has 3 rings (SSSR count). The summed E-state index contributed by atoms with van der Waals surface area (Å²) in [6, 6.07) is 8.20. The molecule has 17 heteroatoms. The van der Waals surface area contributed by atoms with Gasteiger partial charge < -0.3 is 22.6 Å². The van der Waals surface area contributed by atoms with Crippen molar-refractivity contribution in [2.75, 3.05) is 44.8 Å². The van der Waals surface area contributed by atoms with Gasteiger partial charge in [0.25, 0.3) is 0 Å². The average Bonchev–Trinajstić information content (AvgIpc) is 2.99. The number of halogens is 3. The Bertz CT molecular complexity index is 2000. The predicted octanol–water partition coefficient (Wildman–Crippen LogP) is 6.32. The van der Waals surface area contributed by atoms with E-state index in [2.05, 4.69) is 4.98 Å². The number of carbonyl (C=O) groups excluding carboxylic acids is 1. The second-order valence-corrected chi connectivity index (χ2v) is 14.4. The van der Waals surface area contributed by atoms with Crippen LogP contribution in [0.4, 0.5) is 19.0 Å². The van der Waals surface area contributed by atoms with Crippen LogP contribution in [0.25, 0.3) is 22.3 Å². The molecule has 0 N–H and O–H groups in total. The van der Waals surface area contributed by atoms with Gasteiger partial charge in [-0.25, -0.2) is 4.98 Å². The van der Waals surface area contributed by atoms with Crippen LogP contribution in [-0.2, 0) is 25.0 Å². The number of anilines is 1. The lowest BCUT2D eigenvalue weighted by atomic mass is 9.97. The minimum absolute atomic E-state index is 0.0148. The normalized spacial score (nSPS) is 11.7. The number of aromatic nitrogens is 1. The van der Waals surface area contributed by atoms with Crippen LogP contribution in [0.15, 0.2) is 65.9 Å². The first-order valence-electron chi connectivity index (χ1n) is 14.6. The summed E-state index contributed by atoms with van der Waals surface area (Å²) in [5.74, 6) is -3.06. The molecule has 0 radical (unpaired) electrons. The van der Waals surface area contributed by atoms with Gasteiger partial charge in [0, 0.05) is 23.9 Å². The van der Waals surface area contributed by atoms with E-state index in [0.717, 1.165) is 18.1 Å². The smallest absolute Gasteiger partial charge is 0.471 e. The Labute approximate surface area is 289 Å². The molecule has 50 heavy (non-hydrogen) atoms. The summed E-state index contributed by atoms with van der Waals surface area (Å²) in [6.07, 6.45) is 0.848. The summed E-state index contributed by atoms with van der Waals surface area (Å²) in [6.45, 7) is 6.74. The number of benzene rings is 2. The number of ether oxygens (including phenoxy) is 3. The van der Waals surface area contributed by atoms with Crippen molar-refractivity contribution in [1.82, 2.24) is 4.98 Å². The number of hydrogen-bond acceptors (Lipinski definition) is 11. The molecule has 0 aliphatic rings. The van der Waals surface area contributed by atoms with E-state index in [-0.39, 0.29) is 63.4 Å². The zero-order valence-electron chi connectivity index (χ0n) is 28.5. The average molecular weight is 743 g/mol. The highest BCUT2D eigenvalue weighted by Crippen LogP contribution is 2.51. The Kier molecular flexibility index (Phi) is 12.6. The van der Waals surface area contributed by atoms with Crippen molar-refractivity contribution in [2.24, 2.45) is 0 Å². The third-order valence-electron chi connectivity index (χ3n) is 6.57. The lowest BCUT2D eigenvalue weighted by Gasteiger charge is -2.23. The van der Waals surface area contributed by atoms with Crippen molar-refractivity contribution in [3.8, 4) is 51.0 Å². The first-order chi connectivity index (χ1) is 23.1. The molecule has 12 nitrogen and oxygen atoms in total. The first-order valence-corrected chi connectivity index (χ1v) is 18.3. The standard InChI is InChI=1S/C33H37F3N2O10S2/c1-20(2)13-15-38(32(39)33(34,35)36)28-12-10-23(19-37-28)24-18-27(44-5)29(31(30(24)45-6)48-50(8,42)43)22-9-11-25(46-16-14-21(3)4)26(17-22)47-49(7,40)41/h9-14,17-19H,15-16H2,1-8H3. The van der Waals surface area contributed by atoms with E-state index in [1.54, 1.807) is 19.9 Å². The Morgan fingerprint density at radius 3 is 1.92 bits per heavy atom. The maximum atomic E-state index is 13.4. The summed E-state index contributed by atoms with van der Waals surface area (Å²) >= 11 is 0. The monoisotopic (exact) mass is 742 g/mol. The highest BCUT2D eigenvalue weighted by Gasteiger charge is 2.43. The van der Waals surface area contributed by atoms with E-state index in [1.165, 1.54) is 62.9 Å². The number of methoxy groups -OCH3 is 2. The van der Waals surface area contributed by atoms with Gasteiger partial charge >= 0.3 is 32.3 Å². The lowest BCUT2D eigenvalue weighted by Crippen LogP contribution is -2.41. The quantitative estimate of drug-likeness (QED) is 0.135. The van der Waals surface area contributed by atoms with E-state index in [9.17, 15) is 34.8 Å². The van der Waals surface area contributed by atoms with Crippen molar-refractivity contribution in [2.45, 2.75) is 33.9 Å². The van der Waals surface area contributed by atoms with Gasteiger partial charge in [0.05, 0.1) is 32.3 Å². The number of rotatable bonds is 14. The van der Waals surface area contributed by atoms with Crippen LogP contribution < -0.4 is 27.5 Å². The zero-order chi connectivity index (χ0) is 37.6. The molecule has 1 aromatic heterocycles. The maximum Gasteiger partial charge on any atom is 0.471 e. The minimum Gasteiger partial charge on any atom is -0.496 e. The van der Waals surface area contributed by atoms with Crippen molar-refractivity contribution >= 4 is 32.0 Å². The van der Waals surface area contributed by atoms with Crippen LogP contribution in [-0.4, -0.2) is 73.8 Å². The Morgan fingerprint density at radius 2 is 1.42 bits per heavy atom. The molecule has 0 saturated heterocycles. The Hall–Kier alpha value is -4.77. The van der Waals surface area contributed by atoms with Gasteiger partial charge in [-0.2, -0.15) is 30.0 Å². The molecular weight excluding hydrogens is 705 g/mol. The van der Waals surface area contributed by atoms with E-state index in [0.29, 0.717) is 10.5 Å². The fourth-order valence-corrected chi connectivity index (χ4v) is 5.34. The molecule has 0 atom stereocenters. The highest BCUT2D eigenvalue weighted by atomic mass is 32.2. The van der Waals surface area contributed by atoms with E-state index in [4.69, 9.17) is 22.6 Å². The van der Waals surface area contributed by atoms with E-state index in [1.807, 2.05) is 13.8 Å². The summed E-state index contributed by atoms with van der Waals surface area (Å²) < 4.78 is 117. The number of amides is 1. The third kappa shape index (κ3) is 10.6. The highest BCUT2D eigenvalue weighted by molar-refractivity contribution is 7.86. The molecule has 2 aromatic carbocycles. The number of nitrogens with zero attached hydrogens (tertiary/aromatic N) is 2. The molecule has 0 spiro atoms. The largest absolute Gasteiger partial charge is 0.496 e. The molecule has 0 bridgehead atoms. The first kappa shape index (κ1) is 39.7. The Morgan fingerprint density at radius 1 is 0.800 bits per heavy atom. The third-order valence-corrected chi connectivity index (χ3v) is 7.52. The van der Waals surface area contributed by atoms with Gasteiger partial charge in [-0.05, 0) is 69.7 Å². The summed E-state index contributed by atoms with van der Waals surface area (Å²) in [5, 5.41) is 0.